The number of anilines is 1. The van der Waals surface area contributed by atoms with E-state index in [1.807, 2.05) is 72.8 Å². The standard InChI is InChI=1S/C28H24N2O4S/c31-20-26(19-21-7-3-1-4-8-21)30-35(33,34)27-17-15-23(16-18-27)22-11-13-24(14-12-22)28(32)29-25-9-5-2-6-10-25/h1-18,20,26,30H,19H2,(H,29,32)/t26-/m1/s1. The third kappa shape index (κ3) is 6.29. The van der Waals surface area contributed by atoms with E-state index in [9.17, 15) is 18.0 Å². The number of sulfonamides is 1. The van der Waals surface area contributed by atoms with Crippen molar-refractivity contribution in [1.82, 2.24) is 4.72 Å². The highest BCUT2D eigenvalue weighted by molar-refractivity contribution is 7.89. The maximum atomic E-state index is 12.8. The molecule has 0 aliphatic carbocycles. The summed E-state index contributed by atoms with van der Waals surface area (Å²) in [4.78, 5) is 24.0. The lowest BCUT2D eigenvalue weighted by molar-refractivity contribution is -0.109. The van der Waals surface area contributed by atoms with Gasteiger partial charge in [-0.25, -0.2) is 13.1 Å². The zero-order chi connectivity index (χ0) is 24.7. The van der Waals surface area contributed by atoms with Gasteiger partial charge in [-0.1, -0.05) is 72.8 Å². The van der Waals surface area contributed by atoms with Gasteiger partial charge in [0, 0.05) is 11.3 Å². The number of carbonyl (C=O) groups excluding carboxylic acids is 2. The SMILES string of the molecule is O=C[C@@H](Cc1ccccc1)NS(=O)(=O)c1ccc(-c2ccc(C(=O)Nc3ccccc3)cc2)cc1. The Morgan fingerprint density at radius 2 is 1.29 bits per heavy atom. The molecule has 0 aromatic heterocycles. The largest absolute Gasteiger partial charge is 0.322 e. The summed E-state index contributed by atoms with van der Waals surface area (Å²) in [6, 6.07) is 31.0. The van der Waals surface area contributed by atoms with Gasteiger partial charge in [0.15, 0.2) is 0 Å². The number of amides is 1. The summed E-state index contributed by atoms with van der Waals surface area (Å²) < 4.78 is 28.1. The number of para-hydroxylation sites is 1. The van der Waals surface area contributed by atoms with E-state index in [1.165, 1.54) is 12.1 Å². The van der Waals surface area contributed by atoms with Gasteiger partial charge < -0.3 is 10.1 Å². The normalized spacial score (nSPS) is 12.0. The molecule has 4 aromatic rings. The van der Waals surface area contributed by atoms with Crippen LogP contribution in [0, 0.1) is 0 Å². The number of nitrogens with one attached hydrogen (secondary N) is 2. The summed E-state index contributed by atoms with van der Waals surface area (Å²) in [6.45, 7) is 0. The van der Waals surface area contributed by atoms with Gasteiger partial charge in [0.05, 0.1) is 10.9 Å². The van der Waals surface area contributed by atoms with E-state index in [2.05, 4.69) is 10.0 Å². The molecule has 0 radical (unpaired) electrons. The van der Waals surface area contributed by atoms with Gasteiger partial charge >= 0.3 is 0 Å². The Labute approximate surface area is 204 Å². The monoisotopic (exact) mass is 484 g/mol. The molecule has 0 unspecified atom stereocenters. The summed E-state index contributed by atoms with van der Waals surface area (Å²) in [5, 5.41) is 2.84. The third-order valence-corrected chi connectivity index (χ3v) is 6.95. The van der Waals surface area contributed by atoms with E-state index >= 15 is 0 Å². The molecule has 0 saturated heterocycles. The predicted molar refractivity (Wildman–Crippen MR) is 137 cm³/mol. The summed E-state index contributed by atoms with van der Waals surface area (Å²) in [7, 11) is -3.87. The first kappa shape index (κ1) is 24.1. The molecule has 0 heterocycles. The van der Waals surface area contributed by atoms with Gasteiger partial charge in [-0.15, -0.1) is 0 Å². The molecule has 35 heavy (non-hydrogen) atoms. The van der Waals surface area contributed by atoms with Crippen LogP contribution < -0.4 is 10.0 Å². The molecule has 1 amide bonds. The van der Waals surface area contributed by atoms with Crippen LogP contribution in [0.3, 0.4) is 0 Å². The van der Waals surface area contributed by atoms with Crippen molar-refractivity contribution in [2.45, 2.75) is 17.4 Å². The predicted octanol–water partition coefficient (Wildman–Crippen LogP) is 4.69. The van der Waals surface area contributed by atoms with E-state index in [1.54, 1.807) is 24.3 Å². The minimum atomic E-state index is -3.87. The van der Waals surface area contributed by atoms with E-state index in [0.717, 1.165) is 16.7 Å². The van der Waals surface area contributed by atoms with Crippen molar-refractivity contribution in [1.29, 1.82) is 0 Å². The minimum absolute atomic E-state index is 0.0695. The van der Waals surface area contributed by atoms with Gasteiger partial charge in [0.2, 0.25) is 10.0 Å². The molecular formula is C28H24N2O4S. The average Bonchev–Trinajstić information content (AvgIpc) is 2.89. The van der Waals surface area contributed by atoms with Crippen molar-refractivity contribution in [2.24, 2.45) is 0 Å². The Balaban J connectivity index is 1.43. The van der Waals surface area contributed by atoms with Crippen molar-refractivity contribution in [3.8, 4) is 11.1 Å². The first-order valence-electron chi connectivity index (χ1n) is 11.0. The van der Waals surface area contributed by atoms with Crippen LogP contribution in [0.2, 0.25) is 0 Å². The zero-order valence-corrected chi connectivity index (χ0v) is 19.6. The molecule has 7 heteroatoms. The fourth-order valence-electron chi connectivity index (χ4n) is 3.62. The Bertz CT molecular complexity index is 1390. The molecule has 0 spiro atoms. The van der Waals surface area contributed by atoms with Crippen molar-refractivity contribution >= 4 is 27.9 Å². The number of aldehydes is 1. The number of carbonyl (C=O) groups is 2. The fraction of sp³-hybridized carbons (Fsp3) is 0.0714. The van der Waals surface area contributed by atoms with Crippen LogP contribution in [0.15, 0.2) is 114 Å². The highest BCUT2D eigenvalue weighted by Crippen LogP contribution is 2.22. The third-order valence-electron chi connectivity index (χ3n) is 5.45. The second-order valence-corrected chi connectivity index (χ2v) is 9.69. The number of benzene rings is 4. The summed E-state index contributed by atoms with van der Waals surface area (Å²) in [5.41, 5.74) is 3.73. The Morgan fingerprint density at radius 1 is 0.743 bits per heavy atom. The van der Waals surface area contributed by atoms with Crippen LogP contribution in [0.5, 0.6) is 0 Å². The molecule has 4 aromatic carbocycles. The van der Waals surface area contributed by atoms with Crippen LogP contribution in [0.1, 0.15) is 15.9 Å². The topological polar surface area (TPSA) is 92.3 Å². The highest BCUT2D eigenvalue weighted by atomic mass is 32.2. The number of hydrogen-bond acceptors (Lipinski definition) is 4. The zero-order valence-electron chi connectivity index (χ0n) is 18.8. The maximum absolute atomic E-state index is 12.8. The molecule has 1 atom stereocenters. The smallest absolute Gasteiger partial charge is 0.255 e. The average molecular weight is 485 g/mol. The van der Waals surface area contributed by atoms with Crippen LogP contribution in [-0.4, -0.2) is 26.7 Å². The second-order valence-electron chi connectivity index (χ2n) is 7.98. The molecule has 0 saturated carbocycles. The van der Waals surface area contributed by atoms with Gasteiger partial charge in [-0.05, 0) is 59.5 Å². The molecule has 0 aliphatic heterocycles. The van der Waals surface area contributed by atoms with Crippen LogP contribution in [0.4, 0.5) is 5.69 Å². The molecule has 6 nitrogen and oxygen atoms in total. The van der Waals surface area contributed by atoms with Gasteiger partial charge in [0.1, 0.15) is 6.29 Å². The van der Waals surface area contributed by atoms with Crippen molar-refractivity contribution in [2.75, 3.05) is 5.32 Å². The van der Waals surface area contributed by atoms with E-state index in [4.69, 9.17) is 0 Å². The molecule has 176 valence electrons. The molecule has 0 aliphatic rings. The highest BCUT2D eigenvalue weighted by Gasteiger charge is 2.20. The van der Waals surface area contributed by atoms with Gasteiger partial charge in [-0.2, -0.15) is 0 Å². The fourth-order valence-corrected chi connectivity index (χ4v) is 4.79. The van der Waals surface area contributed by atoms with Crippen LogP contribution >= 0.6 is 0 Å². The first-order valence-corrected chi connectivity index (χ1v) is 12.5. The van der Waals surface area contributed by atoms with E-state index in [0.29, 0.717) is 17.5 Å². The lowest BCUT2D eigenvalue weighted by Crippen LogP contribution is -2.37. The van der Waals surface area contributed by atoms with Crippen molar-refractivity contribution < 1.29 is 18.0 Å². The molecule has 2 N–H and O–H groups in total. The Kier molecular flexibility index (Phi) is 7.50. The minimum Gasteiger partial charge on any atom is -0.322 e. The lowest BCUT2D eigenvalue weighted by atomic mass is 10.0. The summed E-state index contributed by atoms with van der Waals surface area (Å²) >= 11 is 0. The van der Waals surface area contributed by atoms with Gasteiger partial charge in [0.25, 0.3) is 5.91 Å². The van der Waals surface area contributed by atoms with E-state index in [-0.39, 0.29) is 17.2 Å². The van der Waals surface area contributed by atoms with Crippen LogP contribution in [-0.2, 0) is 21.2 Å². The molecule has 0 fully saturated rings. The van der Waals surface area contributed by atoms with Crippen molar-refractivity contribution in [3.63, 3.8) is 0 Å². The number of rotatable bonds is 9. The summed E-state index contributed by atoms with van der Waals surface area (Å²) in [6.07, 6.45) is 0.875. The lowest BCUT2D eigenvalue weighted by Gasteiger charge is -2.14. The quantitative estimate of drug-likeness (QED) is 0.337. The summed E-state index contributed by atoms with van der Waals surface area (Å²) in [5.74, 6) is -0.212. The Morgan fingerprint density at radius 3 is 1.86 bits per heavy atom. The number of hydrogen-bond donors (Lipinski definition) is 2. The molecular weight excluding hydrogens is 460 g/mol. The molecule has 0 bridgehead atoms. The second kappa shape index (κ2) is 10.9. The first-order chi connectivity index (χ1) is 16.9. The Hall–Kier alpha value is -4.07. The van der Waals surface area contributed by atoms with Gasteiger partial charge in [-0.3, -0.25) is 4.79 Å². The van der Waals surface area contributed by atoms with E-state index < -0.39 is 16.1 Å². The maximum Gasteiger partial charge on any atom is 0.255 e. The molecule has 4 rings (SSSR count). The van der Waals surface area contributed by atoms with Crippen LogP contribution in [0.25, 0.3) is 11.1 Å². The van der Waals surface area contributed by atoms with Crippen molar-refractivity contribution in [3.05, 3.63) is 120 Å².